The number of nitrogens with zero attached hydrogens (tertiary/aromatic N) is 1. The van der Waals surface area contributed by atoms with Gasteiger partial charge in [-0.25, -0.2) is 8.42 Å². The van der Waals surface area contributed by atoms with E-state index in [-0.39, 0.29) is 24.0 Å². The molecule has 0 aromatic heterocycles. The van der Waals surface area contributed by atoms with Crippen LogP contribution in [0.3, 0.4) is 0 Å². The lowest BCUT2D eigenvalue weighted by Crippen LogP contribution is -2.32. The molecule has 0 bridgehead atoms. The zero-order chi connectivity index (χ0) is 15.1. The molecule has 0 amide bonds. The highest BCUT2D eigenvalue weighted by Gasteiger charge is 2.35. The molecule has 9 heteroatoms. The van der Waals surface area contributed by atoms with E-state index in [9.17, 15) is 21.6 Å². The first-order valence-corrected chi connectivity index (χ1v) is 7.56. The predicted octanol–water partition coefficient (Wildman–Crippen LogP) is 2.08. The third-order valence-electron chi connectivity index (χ3n) is 3.06. The molecule has 1 aliphatic rings. The predicted molar refractivity (Wildman–Crippen MR) is 67.8 cm³/mol. The molecule has 112 valence electrons. The van der Waals surface area contributed by atoms with Crippen LogP contribution in [0.15, 0.2) is 23.1 Å². The van der Waals surface area contributed by atoms with Gasteiger partial charge in [0.05, 0.1) is 10.6 Å². The van der Waals surface area contributed by atoms with Gasteiger partial charge in [0.2, 0.25) is 10.0 Å². The SMILES string of the molecule is NC1CCN(S(=O)(=O)c2ccc(C(F)(F)F)cc2Cl)C1. The van der Waals surface area contributed by atoms with Crippen LogP contribution in [0, 0.1) is 0 Å². The van der Waals surface area contributed by atoms with Gasteiger partial charge in [-0.1, -0.05) is 11.6 Å². The third kappa shape index (κ3) is 2.93. The van der Waals surface area contributed by atoms with E-state index >= 15 is 0 Å². The zero-order valence-electron chi connectivity index (χ0n) is 10.2. The Morgan fingerprint density at radius 3 is 2.45 bits per heavy atom. The molecule has 0 saturated carbocycles. The number of halogens is 4. The molecule has 1 saturated heterocycles. The molecule has 4 nitrogen and oxygen atoms in total. The lowest BCUT2D eigenvalue weighted by Gasteiger charge is -2.17. The summed E-state index contributed by atoms with van der Waals surface area (Å²) in [5.41, 5.74) is 4.64. The average Bonchev–Trinajstić information content (AvgIpc) is 2.75. The summed E-state index contributed by atoms with van der Waals surface area (Å²) in [4.78, 5) is -0.332. The zero-order valence-corrected chi connectivity index (χ0v) is 11.8. The number of rotatable bonds is 2. The number of benzene rings is 1. The van der Waals surface area contributed by atoms with Crippen LogP contribution in [0.5, 0.6) is 0 Å². The molecule has 1 aliphatic heterocycles. The Morgan fingerprint density at radius 2 is 2.00 bits per heavy atom. The minimum atomic E-state index is -4.57. The first kappa shape index (κ1) is 15.6. The normalized spacial score (nSPS) is 21.4. The van der Waals surface area contributed by atoms with Gasteiger partial charge in [-0.05, 0) is 24.6 Å². The first-order chi connectivity index (χ1) is 9.12. The number of nitrogens with two attached hydrogens (primary N) is 1. The van der Waals surface area contributed by atoms with Crippen molar-refractivity contribution in [2.45, 2.75) is 23.5 Å². The minimum absolute atomic E-state index is 0.139. The smallest absolute Gasteiger partial charge is 0.326 e. The van der Waals surface area contributed by atoms with Gasteiger partial charge in [0.15, 0.2) is 0 Å². The van der Waals surface area contributed by atoms with Crippen molar-refractivity contribution in [3.8, 4) is 0 Å². The second-order valence-corrected chi connectivity index (χ2v) is 6.87. The topological polar surface area (TPSA) is 63.4 Å². The highest BCUT2D eigenvalue weighted by atomic mass is 35.5. The number of hydrogen-bond donors (Lipinski definition) is 1. The lowest BCUT2D eigenvalue weighted by molar-refractivity contribution is -0.137. The molecule has 2 N–H and O–H groups in total. The summed E-state index contributed by atoms with van der Waals surface area (Å²) in [5.74, 6) is 0. The molecule has 20 heavy (non-hydrogen) atoms. The molecule has 1 atom stereocenters. The lowest BCUT2D eigenvalue weighted by atomic mass is 10.2. The summed E-state index contributed by atoms with van der Waals surface area (Å²) < 4.78 is 63.2. The van der Waals surface area contributed by atoms with Crippen molar-refractivity contribution in [1.82, 2.24) is 4.31 Å². The molecule has 1 unspecified atom stereocenters. The summed E-state index contributed by atoms with van der Waals surface area (Å²) in [6.07, 6.45) is -4.06. The van der Waals surface area contributed by atoms with Crippen molar-refractivity contribution in [2.75, 3.05) is 13.1 Å². The number of alkyl halides is 3. The van der Waals surface area contributed by atoms with Crippen LogP contribution in [0.25, 0.3) is 0 Å². The standard InChI is InChI=1S/C11H12ClF3N2O2S/c12-9-5-7(11(13,14)15)1-2-10(9)20(18,19)17-4-3-8(16)6-17/h1-2,5,8H,3-4,6,16H2. The van der Waals surface area contributed by atoms with Crippen molar-refractivity contribution in [3.63, 3.8) is 0 Å². The van der Waals surface area contributed by atoms with Crippen LogP contribution in [-0.4, -0.2) is 31.9 Å². The molecule has 0 aliphatic carbocycles. The second kappa shape index (κ2) is 5.18. The van der Waals surface area contributed by atoms with E-state index in [2.05, 4.69) is 0 Å². The maximum Gasteiger partial charge on any atom is 0.416 e. The van der Waals surface area contributed by atoms with Gasteiger partial charge in [-0.15, -0.1) is 0 Å². The van der Waals surface area contributed by atoms with Crippen molar-refractivity contribution in [3.05, 3.63) is 28.8 Å². The van der Waals surface area contributed by atoms with E-state index in [1.165, 1.54) is 0 Å². The fourth-order valence-electron chi connectivity index (χ4n) is 2.00. The summed E-state index contributed by atoms with van der Waals surface area (Å²) >= 11 is 5.70. The Balaban J connectivity index is 2.38. The van der Waals surface area contributed by atoms with E-state index in [4.69, 9.17) is 17.3 Å². The third-order valence-corrected chi connectivity index (χ3v) is 5.41. The van der Waals surface area contributed by atoms with Gasteiger partial charge >= 0.3 is 6.18 Å². The van der Waals surface area contributed by atoms with Crippen LogP contribution in [0.2, 0.25) is 5.02 Å². The summed E-state index contributed by atoms with van der Waals surface area (Å²) in [5, 5.41) is -0.444. The Labute approximate surface area is 119 Å². The molecular weight excluding hydrogens is 317 g/mol. The van der Waals surface area contributed by atoms with Crippen molar-refractivity contribution in [2.24, 2.45) is 5.73 Å². The fourth-order valence-corrected chi connectivity index (χ4v) is 4.03. The maximum absolute atomic E-state index is 12.5. The molecule has 1 heterocycles. The van der Waals surface area contributed by atoms with E-state index in [1.807, 2.05) is 0 Å². The van der Waals surface area contributed by atoms with Crippen LogP contribution < -0.4 is 5.73 Å². The molecule has 2 rings (SSSR count). The minimum Gasteiger partial charge on any atom is -0.326 e. The molecule has 0 spiro atoms. The molecule has 1 aromatic rings. The van der Waals surface area contributed by atoms with Crippen LogP contribution in [0.4, 0.5) is 13.2 Å². The van der Waals surface area contributed by atoms with Crippen LogP contribution in [0.1, 0.15) is 12.0 Å². The van der Waals surface area contributed by atoms with Crippen LogP contribution >= 0.6 is 11.6 Å². The van der Waals surface area contributed by atoms with E-state index < -0.39 is 26.8 Å². The second-order valence-electron chi connectivity index (χ2n) is 4.55. The van der Waals surface area contributed by atoms with Crippen LogP contribution in [-0.2, 0) is 16.2 Å². The highest BCUT2D eigenvalue weighted by molar-refractivity contribution is 7.89. The van der Waals surface area contributed by atoms with Gasteiger partial charge in [0, 0.05) is 19.1 Å². The van der Waals surface area contributed by atoms with E-state index in [0.717, 1.165) is 10.4 Å². The van der Waals surface area contributed by atoms with Gasteiger partial charge in [-0.2, -0.15) is 17.5 Å². The summed E-state index contributed by atoms with van der Waals surface area (Å²) in [7, 11) is -3.91. The Hall–Kier alpha value is -0.830. The van der Waals surface area contributed by atoms with Gasteiger partial charge < -0.3 is 5.73 Å². The maximum atomic E-state index is 12.5. The van der Waals surface area contributed by atoms with E-state index in [0.29, 0.717) is 18.6 Å². The number of hydrogen-bond acceptors (Lipinski definition) is 3. The van der Waals surface area contributed by atoms with Crippen molar-refractivity contribution >= 4 is 21.6 Å². The quantitative estimate of drug-likeness (QED) is 0.904. The average molecular weight is 329 g/mol. The van der Waals surface area contributed by atoms with Gasteiger partial charge in [-0.3, -0.25) is 0 Å². The highest BCUT2D eigenvalue weighted by Crippen LogP contribution is 2.34. The van der Waals surface area contributed by atoms with Gasteiger partial charge in [0.25, 0.3) is 0 Å². The van der Waals surface area contributed by atoms with Gasteiger partial charge in [0.1, 0.15) is 4.90 Å². The largest absolute Gasteiger partial charge is 0.416 e. The first-order valence-electron chi connectivity index (χ1n) is 5.75. The van der Waals surface area contributed by atoms with E-state index in [1.54, 1.807) is 0 Å². The Kier molecular flexibility index (Phi) is 4.03. The monoisotopic (exact) mass is 328 g/mol. The number of sulfonamides is 1. The summed E-state index contributed by atoms with van der Waals surface area (Å²) in [6, 6.07) is 1.93. The Morgan fingerprint density at radius 1 is 1.35 bits per heavy atom. The molecule has 1 fully saturated rings. The Bertz CT molecular complexity index is 619. The van der Waals surface area contributed by atoms with Crippen molar-refractivity contribution in [1.29, 1.82) is 0 Å². The molecule has 1 aromatic carbocycles. The summed E-state index contributed by atoms with van der Waals surface area (Å²) in [6.45, 7) is 0.376. The molecule has 0 radical (unpaired) electrons. The molecular formula is C11H12ClF3N2O2S. The van der Waals surface area contributed by atoms with Crippen molar-refractivity contribution < 1.29 is 21.6 Å². The fraction of sp³-hybridized carbons (Fsp3) is 0.455.